The van der Waals surface area contributed by atoms with Crippen molar-refractivity contribution in [2.75, 3.05) is 6.61 Å². The summed E-state index contributed by atoms with van der Waals surface area (Å²) in [4.78, 5) is 35.3. The Balaban J connectivity index is 1.79. The van der Waals surface area contributed by atoms with E-state index in [9.17, 15) is 24.6 Å². The van der Waals surface area contributed by atoms with Crippen LogP contribution in [-0.2, 0) is 19.1 Å². The van der Waals surface area contributed by atoms with Crippen LogP contribution in [0.2, 0.25) is 0 Å². The van der Waals surface area contributed by atoms with Gasteiger partial charge in [-0.3, -0.25) is 14.4 Å². The molecule has 0 radical (unpaired) electrons. The molecule has 27 heavy (non-hydrogen) atoms. The summed E-state index contributed by atoms with van der Waals surface area (Å²) in [5.74, 6) is -1.36. The number of aliphatic hydroxyl groups is 2. The van der Waals surface area contributed by atoms with Crippen LogP contribution in [0.15, 0.2) is 12.2 Å². The van der Waals surface area contributed by atoms with Gasteiger partial charge in [0, 0.05) is 19.3 Å². The predicted molar refractivity (Wildman–Crippen MR) is 97.6 cm³/mol. The van der Waals surface area contributed by atoms with Crippen LogP contribution in [0.1, 0.15) is 52.9 Å². The molecule has 0 spiro atoms. The maximum absolute atomic E-state index is 12.7. The zero-order chi connectivity index (χ0) is 20.0. The summed E-state index contributed by atoms with van der Waals surface area (Å²) >= 11 is 0. The van der Waals surface area contributed by atoms with Gasteiger partial charge in [-0.05, 0) is 54.9 Å². The number of fused-ring (bicyclic) bond motifs is 1. The maximum atomic E-state index is 12.7. The minimum atomic E-state index is -1.56. The van der Waals surface area contributed by atoms with Gasteiger partial charge in [-0.15, -0.1) is 0 Å². The lowest BCUT2D eigenvalue weighted by Crippen LogP contribution is -2.53. The molecular weight excluding hydrogens is 348 g/mol. The van der Waals surface area contributed by atoms with Gasteiger partial charge in [-0.1, -0.05) is 19.9 Å². The summed E-state index contributed by atoms with van der Waals surface area (Å²) in [5, 5.41) is 22.1. The van der Waals surface area contributed by atoms with Crippen molar-refractivity contribution in [1.29, 1.82) is 0 Å². The van der Waals surface area contributed by atoms with Crippen molar-refractivity contribution in [2.45, 2.75) is 64.6 Å². The normalized spacial score (nSPS) is 44.0. The number of rotatable bonds is 4. The SMILES string of the molecule is CC(=O)OCC(=O)[C@]1(O)C2C[C@@H](O)C(C3(C)C=CC(=O)CC3)CC2C[C@H]1C. The highest BCUT2D eigenvalue weighted by molar-refractivity contribution is 5.91. The fourth-order valence-corrected chi connectivity index (χ4v) is 5.69. The van der Waals surface area contributed by atoms with Gasteiger partial charge in [0.05, 0.1) is 6.10 Å². The Morgan fingerprint density at radius 3 is 2.56 bits per heavy atom. The first-order valence-corrected chi connectivity index (χ1v) is 9.87. The van der Waals surface area contributed by atoms with E-state index in [1.54, 1.807) is 6.08 Å². The molecule has 0 aromatic carbocycles. The van der Waals surface area contributed by atoms with Crippen molar-refractivity contribution in [1.82, 2.24) is 0 Å². The van der Waals surface area contributed by atoms with Crippen molar-refractivity contribution in [3.63, 3.8) is 0 Å². The summed E-state index contributed by atoms with van der Waals surface area (Å²) in [5.41, 5.74) is -1.81. The summed E-state index contributed by atoms with van der Waals surface area (Å²) in [7, 11) is 0. The monoisotopic (exact) mass is 378 g/mol. The van der Waals surface area contributed by atoms with Gasteiger partial charge in [0.15, 0.2) is 12.4 Å². The number of hydrogen-bond donors (Lipinski definition) is 2. The second kappa shape index (κ2) is 7.13. The second-order valence-corrected chi connectivity index (χ2v) is 8.98. The first kappa shape index (κ1) is 20.2. The summed E-state index contributed by atoms with van der Waals surface area (Å²) < 4.78 is 4.83. The van der Waals surface area contributed by atoms with E-state index >= 15 is 0 Å². The van der Waals surface area contributed by atoms with E-state index in [1.807, 2.05) is 13.0 Å². The van der Waals surface area contributed by atoms with Crippen LogP contribution < -0.4 is 0 Å². The number of hydrogen-bond acceptors (Lipinski definition) is 6. The van der Waals surface area contributed by atoms with E-state index in [4.69, 9.17) is 4.74 Å². The van der Waals surface area contributed by atoms with E-state index < -0.39 is 30.1 Å². The molecule has 2 saturated carbocycles. The number of allylic oxidation sites excluding steroid dienone is 2. The molecule has 4 unspecified atom stereocenters. The van der Waals surface area contributed by atoms with Crippen LogP contribution in [0, 0.1) is 29.1 Å². The Kier molecular flexibility index (Phi) is 5.34. The average Bonchev–Trinajstić information content (AvgIpc) is 2.86. The third kappa shape index (κ3) is 3.49. The van der Waals surface area contributed by atoms with Crippen molar-refractivity contribution >= 4 is 17.5 Å². The molecule has 2 fully saturated rings. The largest absolute Gasteiger partial charge is 0.458 e. The van der Waals surface area contributed by atoms with Crippen LogP contribution in [-0.4, -0.2) is 46.1 Å². The predicted octanol–water partition coefficient (Wildman–Crippen LogP) is 1.82. The molecule has 6 heteroatoms. The fraction of sp³-hybridized carbons (Fsp3) is 0.762. The van der Waals surface area contributed by atoms with Crippen molar-refractivity contribution in [3.8, 4) is 0 Å². The molecule has 3 rings (SSSR count). The standard InChI is InChI=1S/C21H30O6/c1-12-8-14-9-17(20(3)6-4-15(23)5-7-20)18(24)10-16(14)21(12,26)19(25)11-27-13(2)22/h4,6,12,14,16-18,24,26H,5,7-11H2,1-3H3/t12-,14?,16?,17?,18-,20?,21-/m1/s1. The van der Waals surface area contributed by atoms with E-state index in [0.717, 1.165) is 0 Å². The third-order valence-electron chi connectivity index (χ3n) is 7.32. The van der Waals surface area contributed by atoms with Crippen molar-refractivity contribution < 1.29 is 29.3 Å². The molecule has 3 aliphatic rings. The van der Waals surface area contributed by atoms with Gasteiger partial charge >= 0.3 is 5.97 Å². The van der Waals surface area contributed by atoms with Gasteiger partial charge in [-0.25, -0.2) is 0 Å². The van der Waals surface area contributed by atoms with E-state index in [0.29, 0.717) is 32.1 Å². The molecule has 0 aromatic rings. The van der Waals surface area contributed by atoms with E-state index in [2.05, 4.69) is 6.92 Å². The summed E-state index contributed by atoms with van der Waals surface area (Å²) in [6.45, 7) is 4.74. The third-order valence-corrected chi connectivity index (χ3v) is 7.32. The highest BCUT2D eigenvalue weighted by Gasteiger charge is 2.60. The minimum absolute atomic E-state index is 0.00113. The first-order chi connectivity index (χ1) is 12.6. The topological polar surface area (TPSA) is 101 Å². The molecule has 6 nitrogen and oxygen atoms in total. The number of carbonyl (C=O) groups is 3. The quantitative estimate of drug-likeness (QED) is 0.724. The Labute approximate surface area is 160 Å². The van der Waals surface area contributed by atoms with Gasteiger partial charge < -0.3 is 14.9 Å². The molecule has 7 atom stereocenters. The first-order valence-electron chi connectivity index (χ1n) is 9.87. The van der Waals surface area contributed by atoms with Gasteiger partial charge in [-0.2, -0.15) is 0 Å². The number of ketones is 2. The molecular formula is C21H30O6. The van der Waals surface area contributed by atoms with Crippen LogP contribution in [0.3, 0.4) is 0 Å². The molecule has 0 aliphatic heterocycles. The maximum Gasteiger partial charge on any atom is 0.303 e. The molecule has 0 heterocycles. The lowest BCUT2D eigenvalue weighted by Gasteiger charge is -2.47. The van der Waals surface area contributed by atoms with Crippen molar-refractivity contribution in [2.24, 2.45) is 29.1 Å². The van der Waals surface area contributed by atoms with Crippen LogP contribution >= 0.6 is 0 Å². The number of ether oxygens (including phenoxy) is 1. The molecule has 0 aromatic heterocycles. The average molecular weight is 378 g/mol. The van der Waals surface area contributed by atoms with Crippen molar-refractivity contribution in [3.05, 3.63) is 12.2 Å². The Bertz CT molecular complexity index is 670. The highest BCUT2D eigenvalue weighted by Crippen LogP contribution is 2.56. The van der Waals surface area contributed by atoms with Gasteiger partial charge in [0.25, 0.3) is 0 Å². The lowest BCUT2D eigenvalue weighted by molar-refractivity contribution is -0.162. The highest BCUT2D eigenvalue weighted by atomic mass is 16.5. The Morgan fingerprint density at radius 2 is 1.96 bits per heavy atom. The molecule has 0 bridgehead atoms. The minimum Gasteiger partial charge on any atom is -0.458 e. The second-order valence-electron chi connectivity index (χ2n) is 8.98. The zero-order valence-corrected chi connectivity index (χ0v) is 16.3. The molecule has 0 amide bonds. The number of aliphatic hydroxyl groups excluding tert-OH is 1. The number of carbonyl (C=O) groups excluding carboxylic acids is 3. The fourth-order valence-electron chi connectivity index (χ4n) is 5.69. The summed E-state index contributed by atoms with van der Waals surface area (Å²) in [6, 6.07) is 0. The Morgan fingerprint density at radius 1 is 1.26 bits per heavy atom. The van der Waals surface area contributed by atoms with Gasteiger partial charge in [0.2, 0.25) is 5.78 Å². The van der Waals surface area contributed by atoms with Crippen LogP contribution in [0.25, 0.3) is 0 Å². The van der Waals surface area contributed by atoms with E-state index in [1.165, 1.54) is 6.92 Å². The van der Waals surface area contributed by atoms with E-state index in [-0.39, 0.29) is 34.9 Å². The van der Waals surface area contributed by atoms with Gasteiger partial charge in [0.1, 0.15) is 5.60 Å². The van der Waals surface area contributed by atoms with Crippen LogP contribution in [0.4, 0.5) is 0 Å². The molecule has 0 saturated heterocycles. The molecule has 2 N–H and O–H groups in total. The zero-order valence-electron chi connectivity index (χ0n) is 16.3. The molecule has 150 valence electrons. The smallest absolute Gasteiger partial charge is 0.303 e. The summed E-state index contributed by atoms with van der Waals surface area (Å²) in [6.07, 6.45) is 5.88. The van der Waals surface area contributed by atoms with Crippen LogP contribution in [0.5, 0.6) is 0 Å². The Hall–Kier alpha value is -1.53. The molecule has 3 aliphatic carbocycles. The number of esters is 1. The lowest BCUT2D eigenvalue weighted by atomic mass is 9.59. The number of Topliss-reactive ketones (excluding diaryl/α,β-unsaturated/α-hetero) is 1.